The Bertz CT molecular complexity index is 1870. The van der Waals surface area contributed by atoms with Gasteiger partial charge in [0.2, 0.25) is 27.6 Å². The molecule has 1 aliphatic carbocycles. The quantitative estimate of drug-likeness (QED) is 0.127. The van der Waals surface area contributed by atoms with E-state index in [0.29, 0.717) is 5.69 Å². The lowest BCUT2D eigenvalue weighted by Crippen LogP contribution is -2.64. The van der Waals surface area contributed by atoms with Gasteiger partial charge in [-0.2, -0.15) is 4.72 Å². The number of sulfonamides is 1. The fourth-order valence-corrected chi connectivity index (χ4v) is 8.48. The zero-order valence-electron chi connectivity index (χ0n) is 30.5. The smallest absolute Gasteiger partial charge is 0.287 e. The van der Waals surface area contributed by atoms with Crippen LogP contribution in [0.4, 0.5) is 0 Å². The van der Waals surface area contributed by atoms with Gasteiger partial charge in [0.1, 0.15) is 23.2 Å². The minimum absolute atomic E-state index is 0.00302. The SMILES string of the molecule is C#CCNS(=O)(=O)c1ccc(C(=O)N[C@H](CC2CCCCC2)C(=O)N2CC(n3nncc3C(C)(C)O)CC2C(=O)NC2(C(=O)C(N)=O)CCOCC2)cc1. The molecule has 3 heterocycles. The van der Waals surface area contributed by atoms with Crippen molar-refractivity contribution in [1.29, 1.82) is 0 Å². The van der Waals surface area contributed by atoms with Crippen molar-refractivity contribution in [1.82, 2.24) is 35.2 Å². The molecule has 1 aromatic heterocycles. The van der Waals surface area contributed by atoms with Crippen molar-refractivity contribution in [2.45, 2.75) is 106 Å². The maximum Gasteiger partial charge on any atom is 0.287 e. The van der Waals surface area contributed by atoms with Crippen molar-refractivity contribution < 1.29 is 42.2 Å². The molecule has 0 spiro atoms. The zero-order valence-corrected chi connectivity index (χ0v) is 31.3. The van der Waals surface area contributed by atoms with Crippen molar-refractivity contribution >= 4 is 39.4 Å². The third-order valence-corrected chi connectivity index (χ3v) is 11.9. The van der Waals surface area contributed by atoms with Gasteiger partial charge in [0.15, 0.2) is 0 Å². The first-order valence-corrected chi connectivity index (χ1v) is 19.6. The predicted molar refractivity (Wildman–Crippen MR) is 192 cm³/mol. The van der Waals surface area contributed by atoms with Crippen LogP contribution in [0, 0.1) is 18.3 Å². The number of amides is 4. The third kappa shape index (κ3) is 9.14. The van der Waals surface area contributed by atoms with Crippen molar-refractivity contribution in [2.75, 3.05) is 26.3 Å². The zero-order chi connectivity index (χ0) is 39.3. The van der Waals surface area contributed by atoms with Gasteiger partial charge >= 0.3 is 0 Å². The molecule has 0 bridgehead atoms. The number of terminal acetylenes is 1. The van der Waals surface area contributed by atoms with Gasteiger partial charge in [-0.1, -0.05) is 43.2 Å². The van der Waals surface area contributed by atoms with E-state index in [0.717, 1.165) is 32.1 Å². The molecule has 1 saturated carbocycles. The summed E-state index contributed by atoms with van der Waals surface area (Å²) in [5.74, 6) is -1.77. The minimum atomic E-state index is -3.91. The van der Waals surface area contributed by atoms with Crippen LogP contribution in [0.15, 0.2) is 35.4 Å². The number of aromatic nitrogens is 3. The van der Waals surface area contributed by atoms with Crippen LogP contribution in [0.1, 0.15) is 93.7 Å². The Hall–Kier alpha value is -4.70. The van der Waals surface area contributed by atoms with Gasteiger partial charge in [-0.15, -0.1) is 11.5 Å². The molecule has 1 aromatic carbocycles. The van der Waals surface area contributed by atoms with E-state index in [1.54, 1.807) is 13.8 Å². The maximum atomic E-state index is 14.8. The second-order valence-electron chi connectivity index (χ2n) is 14.7. The molecule has 2 aliphatic heterocycles. The number of ketones is 1. The molecule has 18 heteroatoms. The third-order valence-electron chi connectivity index (χ3n) is 10.5. The average Bonchev–Trinajstić information content (AvgIpc) is 3.83. The van der Waals surface area contributed by atoms with E-state index < -0.39 is 68.7 Å². The Morgan fingerprint density at radius 3 is 2.39 bits per heavy atom. The highest BCUT2D eigenvalue weighted by atomic mass is 32.2. The van der Waals surface area contributed by atoms with Gasteiger partial charge in [0.05, 0.1) is 29.4 Å². The fraction of sp³-hybridized carbons (Fsp3) is 0.583. The molecule has 4 amide bonds. The highest BCUT2D eigenvalue weighted by Crippen LogP contribution is 2.34. The van der Waals surface area contributed by atoms with Gasteiger partial charge in [-0.05, 0) is 50.5 Å². The molecule has 3 aliphatic rings. The van der Waals surface area contributed by atoms with E-state index in [1.165, 1.54) is 40.0 Å². The first kappa shape index (κ1) is 40.5. The Kier molecular flexibility index (Phi) is 12.6. The Labute approximate surface area is 314 Å². The van der Waals surface area contributed by atoms with E-state index in [9.17, 15) is 37.5 Å². The molecular weight excluding hydrogens is 721 g/mol. The number of benzene rings is 1. The Balaban J connectivity index is 1.47. The number of nitrogens with one attached hydrogen (secondary N) is 3. The molecule has 6 N–H and O–H groups in total. The summed E-state index contributed by atoms with van der Waals surface area (Å²) in [5.41, 5.74) is 2.84. The molecule has 5 rings (SSSR count). The van der Waals surface area contributed by atoms with E-state index in [1.807, 2.05) is 0 Å². The molecule has 292 valence electrons. The Morgan fingerprint density at radius 2 is 1.78 bits per heavy atom. The van der Waals surface area contributed by atoms with E-state index in [2.05, 4.69) is 31.6 Å². The summed E-state index contributed by atoms with van der Waals surface area (Å²) >= 11 is 0. The summed E-state index contributed by atoms with van der Waals surface area (Å²) < 4.78 is 34.2. The second-order valence-corrected chi connectivity index (χ2v) is 16.5. The number of likely N-dealkylation sites (tertiary alicyclic amines) is 1. The standard InChI is InChI=1S/C36H48N8O9S/c1-4-16-39-54(51,52)26-12-10-24(11-13-26)32(47)40-27(19-23-8-6-5-7-9-23)34(49)43-22-25(44-29(21-38-42-44)35(2,3)50)20-28(43)33(48)41-36(30(45)31(37)46)14-17-53-18-15-36/h1,10-13,21,23,25,27-28,39,50H,5-9,14-20,22H2,2-3H3,(H2,37,46)(H,40,47)(H,41,48)/t25?,27-,28?/m1/s1. The predicted octanol–water partition coefficient (Wildman–Crippen LogP) is 0.0478. The number of ether oxygens (including phenoxy) is 1. The summed E-state index contributed by atoms with van der Waals surface area (Å²) in [5, 5.41) is 24.6. The van der Waals surface area contributed by atoms with Crippen LogP contribution in [0.25, 0.3) is 0 Å². The molecule has 3 fully saturated rings. The number of Topliss-reactive ketones (excluding diaryl/α,β-unsaturated/α-hetero) is 1. The number of hydrogen-bond donors (Lipinski definition) is 5. The number of primary amides is 1. The number of carbonyl (C=O) groups excluding carboxylic acids is 5. The van der Waals surface area contributed by atoms with Gasteiger partial charge in [-0.25, -0.2) is 13.1 Å². The lowest BCUT2D eigenvalue weighted by Gasteiger charge is -2.37. The number of nitrogens with zero attached hydrogens (tertiary/aromatic N) is 4. The topological polar surface area (TPSA) is 245 Å². The first-order chi connectivity index (χ1) is 25.6. The Morgan fingerprint density at radius 1 is 1.11 bits per heavy atom. The van der Waals surface area contributed by atoms with Gasteiger partial charge in [-0.3, -0.25) is 24.0 Å². The number of rotatable bonds is 14. The van der Waals surface area contributed by atoms with Gasteiger partial charge < -0.3 is 31.1 Å². The van der Waals surface area contributed by atoms with Crippen LogP contribution in [-0.4, -0.2) is 107 Å². The highest BCUT2D eigenvalue weighted by molar-refractivity contribution is 7.89. The lowest BCUT2D eigenvalue weighted by atomic mass is 9.84. The maximum absolute atomic E-state index is 14.8. The molecule has 54 heavy (non-hydrogen) atoms. The van der Waals surface area contributed by atoms with Gasteiger partial charge in [0.25, 0.3) is 11.8 Å². The summed E-state index contributed by atoms with van der Waals surface area (Å²) in [7, 11) is -3.91. The van der Waals surface area contributed by atoms with Crippen LogP contribution in [-0.2, 0) is 39.5 Å². The summed E-state index contributed by atoms with van der Waals surface area (Å²) in [6.45, 7) is 3.02. The summed E-state index contributed by atoms with van der Waals surface area (Å²) in [6.07, 6.45) is 11.5. The fourth-order valence-electron chi connectivity index (χ4n) is 7.54. The molecule has 2 aromatic rings. The van der Waals surface area contributed by atoms with Crippen molar-refractivity contribution in [2.24, 2.45) is 11.7 Å². The van der Waals surface area contributed by atoms with Crippen molar-refractivity contribution in [3.63, 3.8) is 0 Å². The molecule has 17 nitrogen and oxygen atoms in total. The monoisotopic (exact) mass is 768 g/mol. The van der Waals surface area contributed by atoms with E-state index in [4.69, 9.17) is 16.9 Å². The molecule has 2 saturated heterocycles. The lowest BCUT2D eigenvalue weighted by molar-refractivity contribution is -0.147. The molecule has 3 atom stereocenters. The van der Waals surface area contributed by atoms with Crippen LogP contribution in [0.5, 0.6) is 0 Å². The normalized spacial score (nSPS) is 21.1. The molecule has 2 unspecified atom stereocenters. The molecular formula is C36H48N8O9S. The van der Waals surface area contributed by atoms with Crippen LogP contribution >= 0.6 is 0 Å². The number of hydrogen-bond acceptors (Lipinski definition) is 11. The van der Waals surface area contributed by atoms with Crippen LogP contribution in [0.3, 0.4) is 0 Å². The van der Waals surface area contributed by atoms with Crippen LogP contribution in [0.2, 0.25) is 0 Å². The highest BCUT2D eigenvalue weighted by Gasteiger charge is 2.49. The summed E-state index contributed by atoms with van der Waals surface area (Å²) in [4.78, 5) is 69.3. The number of carbonyl (C=O) groups is 5. The minimum Gasteiger partial charge on any atom is -0.384 e. The number of aliphatic hydroxyl groups is 1. The molecule has 0 radical (unpaired) electrons. The van der Waals surface area contributed by atoms with Crippen molar-refractivity contribution in [3.05, 3.63) is 41.7 Å². The first-order valence-electron chi connectivity index (χ1n) is 18.1. The van der Waals surface area contributed by atoms with Gasteiger partial charge in [0, 0.05) is 44.6 Å². The largest absolute Gasteiger partial charge is 0.384 e. The van der Waals surface area contributed by atoms with Crippen LogP contribution < -0.4 is 21.1 Å². The average molecular weight is 769 g/mol. The summed E-state index contributed by atoms with van der Waals surface area (Å²) in [6, 6.07) is 2.25. The van der Waals surface area contributed by atoms with E-state index >= 15 is 0 Å². The van der Waals surface area contributed by atoms with Crippen molar-refractivity contribution in [3.8, 4) is 12.3 Å². The van der Waals surface area contributed by atoms with E-state index in [-0.39, 0.29) is 68.4 Å². The second kappa shape index (κ2) is 16.8. The number of nitrogens with two attached hydrogens (primary N) is 1.